The van der Waals surface area contributed by atoms with Crippen molar-refractivity contribution < 1.29 is 31.5 Å². The summed E-state index contributed by atoms with van der Waals surface area (Å²) in [6.07, 6.45) is 1.81. The van der Waals surface area contributed by atoms with Crippen LogP contribution in [0.2, 0.25) is 0 Å². The fourth-order valence-corrected chi connectivity index (χ4v) is 6.15. The number of aromatic nitrogens is 3. The van der Waals surface area contributed by atoms with Crippen LogP contribution in [0.4, 0.5) is 22.0 Å². The van der Waals surface area contributed by atoms with E-state index in [9.17, 15) is 31.5 Å². The Morgan fingerprint density at radius 3 is 2.33 bits per heavy atom. The first-order valence-electron chi connectivity index (χ1n) is 13.8. The van der Waals surface area contributed by atoms with E-state index in [0.29, 0.717) is 16.9 Å². The average molecular weight is 554 g/mol. The molecule has 0 aromatic carbocycles. The number of halogens is 5. The van der Waals surface area contributed by atoms with Crippen LogP contribution in [-0.2, 0) is 9.59 Å². The number of nitrogens with zero attached hydrogens (tertiary/aromatic N) is 3. The largest absolute Gasteiger partial charge is 0.389 e. The zero-order valence-corrected chi connectivity index (χ0v) is 21.4. The molecule has 0 bridgehead atoms. The van der Waals surface area contributed by atoms with Crippen LogP contribution in [0, 0.1) is 23.2 Å². The summed E-state index contributed by atoms with van der Waals surface area (Å²) in [6, 6.07) is 0.762. The van der Waals surface area contributed by atoms with E-state index in [4.69, 9.17) is 4.98 Å². The number of carbonyl (C=O) groups is 2. The van der Waals surface area contributed by atoms with Gasteiger partial charge in [0, 0.05) is 25.2 Å². The highest BCUT2D eigenvalue weighted by Crippen LogP contribution is 2.70. The van der Waals surface area contributed by atoms with Crippen LogP contribution in [0.15, 0.2) is 18.5 Å². The number of carbonyl (C=O) groups excluding carboxylic acids is 2. The first kappa shape index (κ1) is 26.4. The Morgan fingerprint density at radius 1 is 1.03 bits per heavy atom. The van der Waals surface area contributed by atoms with Gasteiger partial charge in [-0.25, -0.2) is 18.3 Å². The third kappa shape index (κ3) is 5.89. The predicted octanol–water partition coefficient (Wildman–Crippen LogP) is 5.42. The predicted molar refractivity (Wildman–Crippen MR) is 129 cm³/mol. The van der Waals surface area contributed by atoms with Crippen molar-refractivity contribution in [2.24, 2.45) is 23.2 Å². The molecule has 4 aliphatic rings. The molecular weight excluding hydrogens is 521 g/mol. The van der Waals surface area contributed by atoms with Gasteiger partial charge in [0.15, 0.2) is 5.65 Å². The number of fused-ring (bicyclic) bond motifs is 1. The Labute approximate surface area is 222 Å². The molecule has 2 aromatic rings. The lowest BCUT2D eigenvalue weighted by Gasteiger charge is -2.33. The van der Waals surface area contributed by atoms with Gasteiger partial charge in [-0.3, -0.25) is 9.59 Å². The van der Waals surface area contributed by atoms with E-state index in [0.717, 1.165) is 32.1 Å². The van der Waals surface area contributed by atoms with Crippen molar-refractivity contribution in [3.8, 4) is 0 Å². The molecule has 2 heterocycles. The Morgan fingerprint density at radius 2 is 1.72 bits per heavy atom. The summed E-state index contributed by atoms with van der Waals surface area (Å²) in [5.74, 6) is -3.50. The van der Waals surface area contributed by atoms with Gasteiger partial charge in [-0.15, -0.1) is 0 Å². The molecule has 6 rings (SSSR count). The minimum Gasteiger partial charge on any atom is -0.349 e. The minimum atomic E-state index is -4.40. The maximum atomic E-state index is 13.9. The molecule has 1 spiro atoms. The van der Waals surface area contributed by atoms with Crippen molar-refractivity contribution in [3.05, 3.63) is 29.7 Å². The Balaban J connectivity index is 1.22. The van der Waals surface area contributed by atoms with Crippen molar-refractivity contribution >= 4 is 17.5 Å². The maximum Gasteiger partial charge on any atom is 0.389 e. The molecule has 212 valence electrons. The number of hydrogen-bond acceptors (Lipinski definition) is 4. The number of rotatable bonds is 9. The zero-order valence-electron chi connectivity index (χ0n) is 21.4. The first-order chi connectivity index (χ1) is 18.4. The fourth-order valence-electron chi connectivity index (χ4n) is 6.15. The molecule has 0 radical (unpaired) electrons. The van der Waals surface area contributed by atoms with E-state index in [1.165, 1.54) is 0 Å². The molecule has 0 aliphatic heterocycles. The molecule has 4 aliphatic carbocycles. The SMILES string of the molecule is O=C(CCC(F)(F)F)N[C@@H](c1cnn2cc([C@@H](NC(=O)C3CC34CC4)C3CCC(F)(F)CC3)nc2c1)C1CC1. The summed E-state index contributed by atoms with van der Waals surface area (Å²) < 4.78 is 67.1. The molecule has 0 saturated heterocycles. The monoisotopic (exact) mass is 553 g/mol. The lowest BCUT2D eigenvalue weighted by Crippen LogP contribution is -2.38. The number of alkyl halides is 5. The molecule has 2 aromatic heterocycles. The molecule has 2 N–H and O–H groups in total. The molecule has 12 heteroatoms. The topological polar surface area (TPSA) is 88.4 Å². The highest BCUT2D eigenvalue weighted by molar-refractivity contribution is 5.83. The van der Waals surface area contributed by atoms with Gasteiger partial charge in [0.05, 0.1) is 36.6 Å². The van der Waals surface area contributed by atoms with Crippen molar-refractivity contribution in [1.82, 2.24) is 25.2 Å². The van der Waals surface area contributed by atoms with Gasteiger partial charge in [-0.2, -0.15) is 18.3 Å². The molecule has 1 unspecified atom stereocenters. The first-order valence-corrected chi connectivity index (χ1v) is 13.8. The number of imidazole rings is 1. The summed E-state index contributed by atoms with van der Waals surface area (Å²) in [5, 5.41) is 10.3. The molecule has 3 atom stereocenters. The second-order valence-corrected chi connectivity index (χ2v) is 12.1. The van der Waals surface area contributed by atoms with E-state index in [2.05, 4.69) is 15.7 Å². The van der Waals surface area contributed by atoms with E-state index in [1.807, 2.05) is 0 Å². The summed E-state index contributed by atoms with van der Waals surface area (Å²) in [6.45, 7) is 0. The Hall–Kier alpha value is -2.79. The van der Waals surface area contributed by atoms with Crippen molar-refractivity contribution in [1.29, 1.82) is 0 Å². The van der Waals surface area contributed by atoms with E-state index >= 15 is 0 Å². The normalized spacial score (nSPS) is 25.3. The quantitative estimate of drug-likeness (QED) is 0.406. The third-order valence-corrected chi connectivity index (χ3v) is 9.01. The van der Waals surface area contributed by atoms with Gasteiger partial charge < -0.3 is 10.6 Å². The van der Waals surface area contributed by atoms with Crippen molar-refractivity contribution in [2.45, 2.75) is 94.8 Å². The van der Waals surface area contributed by atoms with Crippen LogP contribution in [0.5, 0.6) is 0 Å². The standard InChI is InChI=1S/C27H32F5N5O2/c28-26(29)6-3-16(4-7-26)23(36-24(39)18-12-25(18)9-10-25)19-14-37-20(34-19)11-17(13-33-37)22(15-1-2-15)35-21(38)5-8-27(30,31)32/h11,13-16,18,22-23H,1-10,12H2,(H,35,38)(H,36,39)/t18?,22-,23+/m1/s1. The van der Waals surface area contributed by atoms with Crippen LogP contribution < -0.4 is 10.6 Å². The van der Waals surface area contributed by atoms with Crippen LogP contribution in [0.1, 0.15) is 94.0 Å². The van der Waals surface area contributed by atoms with E-state index in [1.54, 1.807) is 23.0 Å². The molecular formula is C27H32F5N5O2. The summed E-state index contributed by atoms with van der Waals surface area (Å²) >= 11 is 0. The second kappa shape index (κ2) is 9.40. The third-order valence-electron chi connectivity index (χ3n) is 9.01. The zero-order chi connectivity index (χ0) is 27.6. The number of nitrogens with one attached hydrogen (secondary N) is 2. The summed E-state index contributed by atoms with van der Waals surface area (Å²) in [4.78, 5) is 30.0. The highest BCUT2D eigenvalue weighted by atomic mass is 19.4. The van der Waals surface area contributed by atoms with Gasteiger partial charge in [0.2, 0.25) is 17.7 Å². The number of hydrogen-bond donors (Lipinski definition) is 2. The lowest BCUT2D eigenvalue weighted by atomic mass is 9.81. The molecule has 7 nitrogen and oxygen atoms in total. The second-order valence-electron chi connectivity index (χ2n) is 12.1. The molecule has 4 fully saturated rings. The van der Waals surface area contributed by atoms with E-state index in [-0.39, 0.29) is 54.8 Å². The minimum absolute atomic E-state index is 0.0213. The smallest absolute Gasteiger partial charge is 0.349 e. The summed E-state index contributed by atoms with van der Waals surface area (Å²) in [5.41, 5.74) is 1.81. The van der Waals surface area contributed by atoms with E-state index < -0.39 is 42.9 Å². The number of amides is 2. The summed E-state index contributed by atoms with van der Waals surface area (Å²) in [7, 11) is 0. The van der Waals surface area contributed by atoms with Gasteiger partial charge in [-0.1, -0.05) is 0 Å². The van der Waals surface area contributed by atoms with Crippen LogP contribution in [-0.4, -0.2) is 38.5 Å². The van der Waals surface area contributed by atoms with Crippen molar-refractivity contribution in [2.75, 3.05) is 0 Å². The maximum absolute atomic E-state index is 13.9. The van der Waals surface area contributed by atoms with Gasteiger partial charge in [0.1, 0.15) is 0 Å². The highest BCUT2D eigenvalue weighted by Gasteiger charge is 2.66. The van der Waals surface area contributed by atoms with Gasteiger partial charge in [-0.05, 0) is 73.8 Å². The fraction of sp³-hybridized carbons (Fsp3) is 0.704. The van der Waals surface area contributed by atoms with Crippen LogP contribution in [0.25, 0.3) is 5.65 Å². The Kier molecular flexibility index (Phi) is 6.37. The molecule has 4 saturated carbocycles. The molecule has 2 amide bonds. The van der Waals surface area contributed by atoms with Crippen molar-refractivity contribution in [3.63, 3.8) is 0 Å². The van der Waals surface area contributed by atoms with Crippen LogP contribution >= 0.6 is 0 Å². The van der Waals surface area contributed by atoms with Gasteiger partial charge >= 0.3 is 6.18 Å². The molecule has 39 heavy (non-hydrogen) atoms. The Bertz CT molecular complexity index is 1260. The van der Waals surface area contributed by atoms with Crippen LogP contribution in [0.3, 0.4) is 0 Å². The van der Waals surface area contributed by atoms with Gasteiger partial charge in [0.25, 0.3) is 0 Å². The lowest BCUT2D eigenvalue weighted by molar-refractivity contribution is -0.144. The average Bonchev–Trinajstić information content (AvgIpc) is 3.80.